The van der Waals surface area contributed by atoms with Crippen molar-refractivity contribution >= 4 is 33.2 Å². The smallest absolute Gasteiger partial charge is 0.264 e. The molecule has 1 aliphatic rings. The van der Waals surface area contributed by atoms with E-state index in [9.17, 15) is 13.2 Å². The molecule has 3 aromatic rings. The van der Waals surface area contributed by atoms with Crippen LogP contribution in [0, 0.1) is 0 Å². The number of carbonyl (C=O) groups excluding carboxylic acids is 1. The minimum atomic E-state index is -3.75. The molecule has 1 N–H and O–H groups in total. The normalized spacial score (nSPS) is 13.8. The van der Waals surface area contributed by atoms with Crippen LogP contribution in [-0.2, 0) is 10.0 Å². The highest BCUT2D eigenvalue weighted by molar-refractivity contribution is 7.92. The summed E-state index contributed by atoms with van der Waals surface area (Å²) in [5.74, 6) is 1.08. The fourth-order valence-electron chi connectivity index (χ4n) is 3.42. The number of ether oxygens (including phenoxy) is 2. The molecule has 1 amide bonds. The summed E-state index contributed by atoms with van der Waals surface area (Å²) >= 11 is 5.85. The topological polar surface area (TPSA) is 84.9 Å². The molecule has 4 rings (SSSR count). The first-order valence-corrected chi connectivity index (χ1v) is 12.1. The van der Waals surface area contributed by atoms with Crippen LogP contribution in [0.4, 0.5) is 5.69 Å². The van der Waals surface area contributed by atoms with E-state index in [1.54, 1.807) is 24.3 Å². The Kier molecular flexibility index (Phi) is 6.49. The lowest BCUT2D eigenvalue weighted by atomic mass is 10.1. The van der Waals surface area contributed by atoms with Gasteiger partial charge in [-0.15, -0.1) is 0 Å². The zero-order valence-corrected chi connectivity index (χ0v) is 19.7. The van der Waals surface area contributed by atoms with Crippen molar-refractivity contribution in [3.63, 3.8) is 0 Å². The Morgan fingerprint density at radius 3 is 2.27 bits per heavy atom. The van der Waals surface area contributed by atoms with E-state index in [0.717, 1.165) is 9.87 Å². The Hall–Kier alpha value is -3.23. The number of amides is 1. The van der Waals surface area contributed by atoms with Crippen molar-refractivity contribution in [2.24, 2.45) is 0 Å². The molecule has 0 aromatic heterocycles. The van der Waals surface area contributed by atoms with Gasteiger partial charge in [0.05, 0.1) is 16.6 Å². The van der Waals surface area contributed by atoms with E-state index < -0.39 is 10.0 Å². The van der Waals surface area contributed by atoms with Gasteiger partial charge in [-0.3, -0.25) is 9.10 Å². The summed E-state index contributed by atoms with van der Waals surface area (Å²) in [6.45, 7) is 2.89. The highest BCUT2D eigenvalue weighted by Crippen LogP contribution is 2.32. The third-order valence-electron chi connectivity index (χ3n) is 5.38. The van der Waals surface area contributed by atoms with Crippen molar-refractivity contribution < 1.29 is 22.7 Å². The van der Waals surface area contributed by atoms with Crippen molar-refractivity contribution in [1.82, 2.24) is 5.32 Å². The minimum absolute atomic E-state index is 0.129. The van der Waals surface area contributed by atoms with Crippen LogP contribution < -0.4 is 19.1 Å². The van der Waals surface area contributed by atoms with E-state index in [1.807, 2.05) is 25.1 Å². The third-order valence-corrected chi connectivity index (χ3v) is 7.43. The number of carbonyl (C=O) groups is 1. The molecule has 0 saturated heterocycles. The van der Waals surface area contributed by atoms with E-state index >= 15 is 0 Å². The summed E-state index contributed by atoms with van der Waals surface area (Å²) in [5.41, 5.74) is 1.74. The van der Waals surface area contributed by atoms with E-state index in [4.69, 9.17) is 21.1 Å². The fourth-order valence-corrected chi connectivity index (χ4v) is 4.74. The number of halogens is 1. The quantitative estimate of drug-likeness (QED) is 0.557. The second kappa shape index (κ2) is 9.33. The summed E-state index contributed by atoms with van der Waals surface area (Å²) in [6.07, 6.45) is 0. The fraction of sp³-hybridized carbons (Fsp3) is 0.208. The standard InChI is InChI=1S/C24H23ClN2O5S/c1-16(18-5-12-22-23(15-18)32-14-13-31-22)26-24(28)17-3-8-20(9-4-17)27(2)33(29,30)21-10-6-19(25)7-11-21/h3-12,15-16H,13-14H2,1-2H3,(H,26,28)/t16-/m1/s1. The van der Waals surface area contributed by atoms with Crippen molar-refractivity contribution in [2.45, 2.75) is 17.9 Å². The van der Waals surface area contributed by atoms with E-state index in [-0.39, 0.29) is 16.8 Å². The molecule has 0 bridgehead atoms. The van der Waals surface area contributed by atoms with Crippen LogP contribution in [0.25, 0.3) is 0 Å². The second-order valence-corrected chi connectivity index (χ2v) is 9.98. The van der Waals surface area contributed by atoms with Crippen molar-refractivity contribution in [3.8, 4) is 11.5 Å². The zero-order valence-electron chi connectivity index (χ0n) is 18.1. The van der Waals surface area contributed by atoms with Gasteiger partial charge in [-0.05, 0) is 73.2 Å². The second-order valence-electron chi connectivity index (χ2n) is 7.57. The Labute approximate surface area is 197 Å². The van der Waals surface area contributed by atoms with Crippen LogP contribution in [0.1, 0.15) is 28.9 Å². The van der Waals surface area contributed by atoms with E-state index in [0.29, 0.717) is 41.0 Å². The number of sulfonamides is 1. The lowest BCUT2D eigenvalue weighted by Gasteiger charge is -2.21. The summed E-state index contributed by atoms with van der Waals surface area (Å²) in [6, 6.07) is 17.6. The molecular formula is C24H23ClN2O5S. The number of anilines is 1. The molecule has 0 radical (unpaired) electrons. The number of nitrogens with zero attached hydrogens (tertiary/aromatic N) is 1. The largest absolute Gasteiger partial charge is 0.486 e. The first-order valence-electron chi connectivity index (χ1n) is 10.3. The lowest BCUT2D eigenvalue weighted by molar-refractivity contribution is 0.0939. The summed E-state index contributed by atoms with van der Waals surface area (Å²) in [4.78, 5) is 12.9. The van der Waals surface area contributed by atoms with Crippen LogP contribution in [0.5, 0.6) is 11.5 Å². The van der Waals surface area contributed by atoms with Gasteiger partial charge in [0.25, 0.3) is 15.9 Å². The Bertz CT molecular complexity index is 1260. The molecule has 1 aliphatic heterocycles. The predicted molar refractivity (Wildman–Crippen MR) is 127 cm³/mol. The molecule has 7 nitrogen and oxygen atoms in total. The Morgan fingerprint density at radius 1 is 0.970 bits per heavy atom. The van der Waals surface area contributed by atoms with Gasteiger partial charge < -0.3 is 14.8 Å². The molecule has 3 aromatic carbocycles. The lowest BCUT2D eigenvalue weighted by Crippen LogP contribution is -2.28. The number of hydrogen-bond donors (Lipinski definition) is 1. The van der Waals surface area contributed by atoms with Crippen LogP contribution in [0.3, 0.4) is 0 Å². The van der Waals surface area contributed by atoms with Gasteiger partial charge >= 0.3 is 0 Å². The number of hydrogen-bond acceptors (Lipinski definition) is 5. The highest BCUT2D eigenvalue weighted by atomic mass is 35.5. The first-order chi connectivity index (χ1) is 15.8. The van der Waals surface area contributed by atoms with Gasteiger partial charge in [-0.1, -0.05) is 17.7 Å². The first kappa shape index (κ1) is 22.9. The average molecular weight is 487 g/mol. The molecule has 9 heteroatoms. The van der Waals surface area contributed by atoms with Gasteiger partial charge in [-0.25, -0.2) is 8.42 Å². The molecule has 172 valence electrons. The summed E-state index contributed by atoms with van der Waals surface area (Å²) in [5, 5.41) is 3.41. The van der Waals surface area contributed by atoms with Crippen LogP contribution in [0.2, 0.25) is 5.02 Å². The van der Waals surface area contributed by atoms with Crippen LogP contribution in [-0.4, -0.2) is 34.6 Å². The molecular weight excluding hydrogens is 464 g/mol. The SMILES string of the molecule is C[C@@H](NC(=O)c1ccc(N(C)S(=O)(=O)c2ccc(Cl)cc2)cc1)c1ccc2c(c1)OCCO2. The third kappa shape index (κ3) is 4.91. The van der Waals surface area contributed by atoms with Gasteiger partial charge in [-0.2, -0.15) is 0 Å². The highest BCUT2D eigenvalue weighted by Gasteiger charge is 2.22. The Balaban J connectivity index is 1.45. The van der Waals surface area contributed by atoms with Gasteiger partial charge in [0.1, 0.15) is 13.2 Å². The van der Waals surface area contributed by atoms with Crippen LogP contribution >= 0.6 is 11.6 Å². The average Bonchev–Trinajstić information content (AvgIpc) is 2.83. The van der Waals surface area contributed by atoms with E-state index in [2.05, 4.69) is 5.32 Å². The molecule has 1 heterocycles. The minimum Gasteiger partial charge on any atom is -0.486 e. The number of fused-ring (bicyclic) bond motifs is 1. The number of rotatable bonds is 6. The van der Waals surface area contributed by atoms with Crippen molar-refractivity contribution in [2.75, 3.05) is 24.6 Å². The molecule has 0 fully saturated rings. The Morgan fingerprint density at radius 2 is 1.61 bits per heavy atom. The van der Waals surface area contributed by atoms with Crippen molar-refractivity contribution in [3.05, 3.63) is 82.9 Å². The van der Waals surface area contributed by atoms with Gasteiger partial charge in [0, 0.05) is 17.6 Å². The molecule has 0 aliphatic carbocycles. The maximum atomic E-state index is 12.9. The molecule has 33 heavy (non-hydrogen) atoms. The maximum Gasteiger partial charge on any atom is 0.264 e. The predicted octanol–water partition coefficient (Wildman–Crippen LogP) is 4.43. The summed E-state index contributed by atoms with van der Waals surface area (Å²) < 4.78 is 38.0. The van der Waals surface area contributed by atoms with Gasteiger partial charge in [0.15, 0.2) is 11.5 Å². The summed E-state index contributed by atoms with van der Waals surface area (Å²) in [7, 11) is -2.29. The maximum absolute atomic E-state index is 12.9. The molecule has 1 atom stereocenters. The monoisotopic (exact) mass is 486 g/mol. The zero-order chi connectivity index (χ0) is 23.6. The number of benzene rings is 3. The molecule has 0 saturated carbocycles. The van der Waals surface area contributed by atoms with E-state index in [1.165, 1.54) is 31.3 Å². The number of nitrogens with one attached hydrogen (secondary N) is 1. The van der Waals surface area contributed by atoms with Crippen LogP contribution in [0.15, 0.2) is 71.6 Å². The van der Waals surface area contributed by atoms with Gasteiger partial charge in [0.2, 0.25) is 0 Å². The van der Waals surface area contributed by atoms with Crippen molar-refractivity contribution in [1.29, 1.82) is 0 Å². The molecule has 0 spiro atoms. The molecule has 0 unspecified atom stereocenters.